The summed E-state index contributed by atoms with van der Waals surface area (Å²) in [4.78, 5) is 22.3. The Morgan fingerprint density at radius 1 is 0.724 bits per heavy atom. The van der Waals surface area contributed by atoms with E-state index in [1.807, 2.05) is 30.3 Å². The van der Waals surface area contributed by atoms with Crippen LogP contribution in [0.5, 0.6) is 11.5 Å². The van der Waals surface area contributed by atoms with Gasteiger partial charge in [-0.05, 0) is 53.1 Å². The van der Waals surface area contributed by atoms with Gasteiger partial charge in [0.25, 0.3) is 0 Å². The molecule has 0 amide bonds. The molecular formula is C23H18Cl2O4. The normalized spacial score (nSPS) is 10.7. The highest BCUT2D eigenvalue weighted by atomic mass is 35.5. The number of carbonyl (C=O) groups is 2. The van der Waals surface area contributed by atoms with Crippen molar-refractivity contribution >= 4 is 35.1 Å². The lowest BCUT2D eigenvalue weighted by atomic mass is 9.85. The van der Waals surface area contributed by atoms with Crippen LogP contribution in [0.3, 0.4) is 0 Å². The van der Waals surface area contributed by atoms with Crippen molar-refractivity contribution in [3.63, 3.8) is 0 Å². The Morgan fingerprint density at radius 3 is 1.55 bits per heavy atom. The van der Waals surface area contributed by atoms with Crippen molar-refractivity contribution < 1.29 is 19.1 Å². The second kappa shape index (κ2) is 9.12. The van der Waals surface area contributed by atoms with Gasteiger partial charge in [-0.25, -0.2) is 0 Å². The van der Waals surface area contributed by atoms with Crippen LogP contribution in [-0.2, 0) is 9.59 Å². The fourth-order valence-electron chi connectivity index (χ4n) is 3.08. The molecule has 0 saturated carbocycles. The summed E-state index contributed by atoms with van der Waals surface area (Å²) in [5.41, 5.74) is 2.77. The predicted octanol–water partition coefficient (Wildman–Crippen LogP) is 6.02. The van der Waals surface area contributed by atoms with Gasteiger partial charge >= 0.3 is 11.9 Å². The van der Waals surface area contributed by atoms with E-state index >= 15 is 0 Å². The smallest absolute Gasteiger partial charge is 0.308 e. The SMILES string of the molecule is CC(=O)Oc1ccc(C(c2ccc(OC(C)=O)cc2)c2ccc(Cl)cc2Cl)cc1. The van der Waals surface area contributed by atoms with Gasteiger partial charge in [0.2, 0.25) is 0 Å². The highest BCUT2D eigenvalue weighted by Crippen LogP contribution is 2.38. The Bertz CT molecular complexity index is 968. The molecule has 0 aromatic heterocycles. The zero-order chi connectivity index (χ0) is 21.0. The molecule has 0 unspecified atom stereocenters. The molecule has 6 heteroatoms. The van der Waals surface area contributed by atoms with Crippen molar-refractivity contribution in [2.45, 2.75) is 19.8 Å². The van der Waals surface area contributed by atoms with E-state index in [-0.39, 0.29) is 17.9 Å². The molecule has 0 N–H and O–H groups in total. The summed E-state index contributed by atoms with van der Waals surface area (Å²) in [5.74, 6) is -0.0236. The maximum Gasteiger partial charge on any atom is 0.308 e. The molecule has 0 aliphatic carbocycles. The van der Waals surface area contributed by atoms with Gasteiger partial charge in [0.1, 0.15) is 11.5 Å². The van der Waals surface area contributed by atoms with E-state index in [0.29, 0.717) is 21.5 Å². The van der Waals surface area contributed by atoms with Gasteiger partial charge in [-0.2, -0.15) is 0 Å². The van der Waals surface area contributed by atoms with Crippen LogP contribution in [-0.4, -0.2) is 11.9 Å². The van der Waals surface area contributed by atoms with E-state index < -0.39 is 0 Å². The molecule has 0 spiro atoms. The van der Waals surface area contributed by atoms with Crippen molar-refractivity contribution in [3.8, 4) is 11.5 Å². The van der Waals surface area contributed by atoms with Crippen molar-refractivity contribution in [1.82, 2.24) is 0 Å². The summed E-state index contributed by atoms with van der Waals surface area (Å²) in [6, 6.07) is 19.9. The maximum atomic E-state index is 11.2. The Labute approximate surface area is 179 Å². The topological polar surface area (TPSA) is 52.6 Å². The second-order valence-corrected chi connectivity index (χ2v) is 7.27. The van der Waals surface area contributed by atoms with Crippen LogP contribution >= 0.6 is 23.2 Å². The first-order valence-corrected chi connectivity index (χ1v) is 9.61. The monoisotopic (exact) mass is 428 g/mol. The van der Waals surface area contributed by atoms with Crippen LogP contribution < -0.4 is 9.47 Å². The number of halogens is 2. The first-order valence-electron chi connectivity index (χ1n) is 8.85. The van der Waals surface area contributed by atoms with Crippen LogP contribution in [0.15, 0.2) is 66.7 Å². The average molecular weight is 429 g/mol. The highest BCUT2D eigenvalue weighted by Gasteiger charge is 2.20. The molecule has 0 aliphatic rings. The molecule has 3 rings (SSSR count). The molecule has 3 aromatic rings. The van der Waals surface area contributed by atoms with Crippen molar-refractivity contribution in [2.75, 3.05) is 0 Å². The number of ether oxygens (including phenoxy) is 2. The molecular weight excluding hydrogens is 411 g/mol. The number of carbonyl (C=O) groups excluding carboxylic acids is 2. The Kier molecular flexibility index (Phi) is 6.57. The van der Waals surface area contributed by atoms with Crippen molar-refractivity contribution in [1.29, 1.82) is 0 Å². The van der Waals surface area contributed by atoms with E-state index in [4.69, 9.17) is 32.7 Å². The number of rotatable bonds is 5. The molecule has 0 radical (unpaired) electrons. The van der Waals surface area contributed by atoms with Gasteiger partial charge in [-0.1, -0.05) is 53.5 Å². The molecule has 0 heterocycles. The largest absolute Gasteiger partial charge is 0.427 e. The molecule has 0 saturated heterocycles. The molecule has 29 heavy (non-hydrogen) atoms. The fraction of sp³-hybridized carbons (Fsp3) is 0.130. The summed E-state index contributed by atoms with van der Waals surface area (Å²) in [6.07, 6.45) is 0. The lowest BCUT2D eigenvalue weighted by Crippen LogP contribution is -2.06. The molecule has 4 nitrogen and oxygen atoms in total. The molecule has 148 valence electrons. The third kappa shape index (κ3) is 5.37. The van der Waals surface area contributed by atoms with E-state index in [2.05, 4.69) is 0 Å². The summed E-state index contributed by atoms with van der Waals surface area (Å²) in [5, 5.41) is 1.09. The van der Waals surface area contributed by atoms with E-state index in [1.165, 1.54) is 13.8 Å². The van der Waals surface area contributed by atoms with Gasteiger partial charge in [0.05, 0.1) is 0 Å². The van der Waals surface area contributed by atoms with E-state index in [9.17, 15) is 9.59 Å². The zero-order valence-electron chi connectivity index (χ0n) is 15.8. The third-order valence-corrected chi connectivity index (χ3v) is 4.79. The Hall–Kier alpha value is -2.82. The highest BCUT2D eigenvalue weighted by molar-refractivity contribution is 6.35. The lowest BCUT2D eigenvalue weighted by Gasteiger charge is -2.21. The zero-order valence-corrected chi connectivity index (χ0v) is 17.3. The van der Waals surface area contributed by atoms with Crippen molar-refractivity contribution in [2.24, 2.45) is 0 Å². The molecule has 0 aliphatic heterocycles. The standard InChI is InChI=1S/C23H18Cl2O4/c1-14(26)28-19-8-3-16(4-9-19)23(21-12-7-18(24)13-22(21)25)17-5-10-20(11-6-17)29-15(2)27/h3-13,23H,1-2H3. The van der Waals surface area contributed by atoms with E-state index in [1.54, 1.807) is 36.4 Å². The number of hydrogen-bond acceptors (Lipinski definition) is 4. The average Bonchev–Trinajstić information content (AvgIpc) is 2.65. The van der Waals surface area contributed by atoms with Gasteiger partial charge in [0.15, 0.2) is 0 Å². The third-order valence-electron chi connectivity index (χ3n) is 4.22. The fourth-order valence-corrected chi connectivity index (χ4v) is 3.59. The van der Waals surface area contributed by atoms with E-state index in [0.717, 1.165) is 16.7 Å². The first kappa shape index (κ1) is 20.9. The summed E-state index contributed by atoms with van der Waals surface area (Å²) in [7, 11) is 0. The van der Waals surface area contributed by atoms with Gasteiger partial charge < -0.3 is 9.47 Å². The maximum absolute atomic E-state index is 11.2. The summed E-state index contributed by atoms with van der Waals surface area (Å²) >= 11 is 12.6. The molecule has 0 atom stereocenters. The second-order valence-electron chi connectivity index (χ2n) is 6.42. The van der Waals surface area contributed by atoms with Gasteiger partial charge in [-0.15, -0.1) is 0 Å². The first-order chi connectivity index (χ1) is 13.8. The van der Waals surface area contributed by atoms with Crippen LogP contribution in [0.25, 0.3) is 0 Å². The predicted molar refractivity (Wildman–Crippen MR) is 113 cm³/mol. The van der Waals surface area contributed by atoms with Gasteiger partial charge in [0, 0.05) is 29.8 Å². The van der Waals surface area contributed by atoms with Gasteiger partial charge in [-0.3, -0.25) is 9.59 Å². The quantitative estimate of drug-likeness (QED) is 0.283. The summed E-state index contributed by atoms with van der Waals surface area (Å²) < 4.78 is 10.2. The Morgan fingerprint density at radius 2 is 1.17 bits per heavy atom. The lowest BCUT2D eigenvalue weighted by molar-refractivity contribution is -0.132. The number of esters is 2. The minimum atomic E-state index is -0.379. The van der Waals surface area contributed by atoms with Crippen molar-refractivity contribution in [3.05, 3.63) is 93.5 Å². The summed E-state index contributed by atoms with van der Waals surface area (Å²) in [6.45, 7) is 2.71. The molecule has 3 aromatic carbocycles. The number of benzene rings is 3. The number of hydrogen-bond donors (Lipinski definition) is 0. The minimum Gasteiger partial charge on any atom is -0.427 e. The Balaban J connectivity index is 2.04. The van der Waals surface area contributed by atoms with Crippen LogP contribution in [0.1, 0.15) is 36.5 Å². The minimum absolute atomic E-state index is 0.197. The van der Waals surface area contributed by atoms with Crippen LogP contribution in [0.2, 0.25) is 10.0 Å². The van der Waals surface area contributed by atoms with Crippen LogP contribution in [0.4, 0.5) is 0 Å². The van der Waals surface area contributed by atoms with Crippen LogP contribution in [0, 0.1) is 0 Å². The molecule has 0 fully saturated rings. The molecule has 0 bridgehead atoms.